The molecule has 2 fully saturated rings. The first-order valence-electron chi connectivity index (χ1n) is 13.3. The van der Waals surface area contributed by atoms with Crippen molar-refractivity contribution in [2.24, 2.45) is 5.92 Å². The van der Waals surface area contributed by atoms with Gasteiger partial charge in [0.25, 0.3) is 0 Å². The maximum atomic E-state index is 11.0. The molecule has 200 valence electrons. The summed E-state index contributed by atoms with van der Waals surface area (Å²) in [5.41, 5.74) is 3.33. The van der Waals surface area contributed by atoms with Gasteiger partial charge < -0.3 is 24.4 Å². The lowest BCUT2D eigenvalue weighted by molar-refractivity contribution is -0.136. The lowest BCUT2D eigenvalue weighted by Gasteiger charge is -2.38. The molecule has 0 radical (unpaired) electrons. The maximum absolute atomic E-state index is 11.0. The van der Waals surface area contributed by atoms with E-state index in [1.807, 2.05) is 24.3 Å². The number of nitrogens with zero attached hydrogens (tertiary/aromatic N) is 1. The van der Waals surface area contributed by atoms with Gasteiger partial charge in [0, 0.05) is 37.9 Å². The Labute approximate surface area is 219 Å². The highest BCUT2D eigenvalue weighted by Gasteiger charge is 2.45. The van der Waals surface area contributed by atoms with Crippen LogP contribution in [0.4, 0.5) is 0 Å². The molecular formula is C30H39NO6. The van der Waals surface area contributed by atoms with Crippen molar-refractivity contribution < 1.29 is 29.2 Å². The van der Waals surface area contributed by atoms with Gasteiger partial charge in [-0.15, -0.1) is 0 Å². The van der Waals surface area contributed by atoms with E-state index in [0.717, 1.165) is 48.4 Å². The van der Waals surface area contributed by atoms with Crippen LogP contribution in [0.1, 0.15) is 37.7 Å². The summed E-state index contributed by atoms with van der Waals surface area (Å²) in [7, 11) is 1.67. The Morgan fingerprint density at radius 1 is 1.08 bits per heavy atom. The van der Waals surface area contributed by atoms with Gasteiger partial charge >= 0.3 is 5.97 Å². The summed E-state index contributed by atoms with van der Waals surface area (Å²) in [6.45, 7) is 3.53. The molecule has 2 aromatic carbocycles. The first-order valence-corrected chi connectivity index (χ1v) is 13.3. The van der Waals surface area contributed by atoms with Gasteiger partial charge in [-0.2, -0.15) is 0 Å². The molecule has 1 aliphatic carbocycles. The van der Waals surface area contributed by atoms with Crippen LogP contribution in [0.3, 0.4) is 0 Å². The predicted molar refractivity (Wildman–Crippen MR) is 143 cm³/mol. The Hall–Kier alpha value is -2.71. The van der Waals surface area contributed by atoms with Crippen molar-refractivity contribution in [3.8, 4) is 16.9 Å². The maximum Gasteiger partial charge on any atom is 0.303 e. The molecule has 1 saturated heterocycles. The monoisotopic (exact) mass is 509 g/mol. The molecule has 1 aliphatic heterocycles. The summed E-state index contributed by atoms with van der Waals surface area (Å²) >= 11 is 0. The molecule has 0 bridgehead atoms. The van der Waals surface area contributed by atoms with Gasteiger partial charge in [-0.25, -0.2) is 0 Å². The minimum absolute atomic E-state index is 0.0340. The first-order chi connectivity index (χ1) is 18.0. The van der Waals surface area contributed by atoms with Crippen molar-refractivity contribution in [2.45, 2.75) is 57.0 Å². The number of aliphatic hydroxyl groups is 1. The Morgan fingerprint density at radius 3 is 2.57 bits per heavy atom. The van der Waals surface area contributed by atoms with Gasteiger partial charge in [-0.3, -0.25) is 9.69 Å². The summed E-state index contributed by atoms with van der Waals surface area (Å²) in [4.78, 5) is 13.1. The molecule has 1 heterocycles. The second-order valence-electron chi connectivity index (χ2n) is 9.87. The van der Waals surface area contributed by atoms with Crippen molar-refractivity contribution in [3.63, 3.8) is 0 Å². The van der Waals surface area contributed by atoms with Crippen LogP contribution < -0.4 is 4.74 Å². The number of allylic oxidation sites excluding steroid dienone is 2. The minimum Gasteiger partial charge on any atom is -0.497 e. The number of morpholine rings is 1. The van der Waals surface area contributed by atoms with Crippen LogP contribution >= 0.6 is 0 Å². The summed E-state index contributed by atoms with van der Waals surface area (Å²) < 4.78 is 17.3. The summed E-state index contributed by atoms with van der Waals surface area (Å²) in [6, 6.07) is 16.5. The fourth-order valence-electron chi connectivity index (χ4n) is 5.53. The standard InChI is InChI=1S/C30H39NO6/c1-35-25-8-6-7-24(19-25)23-13-11-22(12-14-23)21-37-28-20-27(32)30(31-15-17-36-18-16-31)26(28)9-4-2-3-5-10-29(33)34/h2-3,6-8,11-14,19,26-28,30,32H,4-5,9-10,15-18,20-21H2,1H3,(H,33,34)/b3-2-/t26-,27+,28-,30+/m0/s1. The second-order valence-corrected chi connectivity index (χ2v) is 9.87. The molecule has 1 saturated carbocycles. The highest BCUT2D eigenvalue weighted by Crippen LogP contribution is 2.37. The zero-order valence-corrected chi connectivity index (χ0v) is 21.6. The molecule has 2 aromatic rings. The number of carboxylic acid groups (broad SMARTS) is 1. The number of benzene rings is 2. The fourth-order valence-corrected chi connectivity index (χ4v) is 5.53. The van der Waals surface area contributed by atoms with Crippen molar-refractivity contribution >= 4 is 5.97 Å². The van der Waals surface area contributed by atoms with Crippen LogP contribution in [0.5, 0.6) is 5.75 Å². The number of methoxy groups -OCH3 is 1. The third-order valence-corrected chi connectivity index (χ3v) is 7.43. The van der Waals surface area contributed by atoms with Crippen LogP contribution in [0.15, 0.2) is 60.7 Å². The highest BCUT2D eigenvalue weighted by molar-refractivity contribution is 5.66. The first kappa shape index (κ1) is 27.3. The quantitative estimate of drug-likeness (QED) is 0.407. The SMILES string of the molecule is COc1cccc(-c2ccc(CO[C@H]3C[C@@H](O)[C@H](N4CCOCC4)[C@H]3CC/C=C\CCC(=O)O)cc2)c1. The molecule has 0 spiro atoms. The molecule has 0 amide bonds. The molecule has 7 nitrogen and oxygen atoms in total. The lowest BCUT2D eigenvalue weighted by atomic mass is 9.93. The van der Waals surface area contributed by atoms with Crippen LogP contribution in [0, 0.1) is 5.92 Å². The van der Waals surface area contributed by atoms with Crippen molar-refractivity contribution in [2.75, 3.05) is 33.4 Å². The number of carbonyl (C=O) groups is 1. The number of aliphatic hydroxyl groups excluding tert-OH is 1. The van der Waals surface area contributed by atoms with Crippen LogP contribution in [0.2, 0.25) is 0 Å². The Kier molecular flexibility index (Phi) is 10.1. The van der Waals surface area contributed by atoms with Gasteiger partial charge in [-0.05, 0) is 48.1 Å². The molecule has 4 atom stereocenters. The Bertz CT molecular complexity index is 1020. The van der Waals surface area contributed by atoms with Gasteiger partial charge in [0.05, 0.1) is 39.1 Å². The number of hydrogen-bond acceptors (Lipinski definition) is 6. The average Bonchev–Trinajstić information content (AvgIpc) is 3.24. The van der Waals surface area contributed by atoms with Gasteiger partial charge in [-0.1, -0.05) is 48.6 Å². The molecular weight excluding hydrogens is 470 g/mol. The molecule has 2 N–H and O–H groups in total. The third-order valence-electron chi connectivity index (χ3n) is 7.43. The Morgan fingerprint density at radius 2 is 1.84 bits per heavy atom. The lowest BCUT2D eigenvalue weighted by Crippen LogP contribution is -2.50. The zero-order valence-electron chi connectivity index (χ0n) is 21.6. The number of ether oxygens (including phenoxy) is 3. The normalized spacial score (nSPS) is 24.5. The van der Waals surface area contributed by atoms with E-state index < -0.39 is 12.1 Å². The number of aliphatic carboxylic acids is 1. The fraction of sp³-hybridized carbons (Fsp3) is 0.500. The molecule has 37 heavy (non-hydrogen) atoms. The molecule has 0 aromatic heterocycles. The van der Waals surface area contributed by atoms with Crippen LogP contribution in [0.25, 0.3) is 11.1 Å². The smallest absolute Gasteiger partial charge is 0.303 e. The van der Waals surface area contributed by atoms with Crippen LogP contribution in [-0.2, 0) is 20.9 Å². The van der Waals surface area contributed by atoms with Crippen molar-refractivity contribution in [1.29, 1.82) is 0 Å². The topological polar surface area (TPSA) is 88.5 Å². The molecule has 2 aliphatic rings. The number of carboxylic acids is 1. The van der Waals surface area contributed by atoms with Gasteiger partial charge in [0.2, 0.25) is 0 Å². The number of rotatable bonds is 12. The molecule has 7 heteroatoms. The van der Waals surface area contributed by atoms with E-state index in [9.17, 15) is 9.90 Å². The third kappa shape index (κ3) is 7.65. The van der Waals surface area contributed by atoms with E-state index in [1.54, 1.807) is 7.11 Å². The van der Waals surface area contributed by atoms with Crippen molar-refractivity contribution in [3.05, 3.63) is 66.2 Å². The van der Waals surface area contributed by atoms with E-state index >= 15 is 0 Å². The van der Waals surface area contributed by atoms with Crippen molar-refractivity contribution in [1.82, 2.24) is 4.90 Å². The highest BCUT2D eigenvalue weighted by atomic mass is 16.5. The number of hydrogen-bond donors (Lipinski definition) is 2. The molecule has 4 rings (SSSR count). The molecule has 0 unspecified atom stereocenters. The van der Waals surface area contributed by atoms with E-state index in [2.05, 4.69) is 41.3 Å². The van der Waals surface area contributed by atoms with Gasteiger partial charge in [0.1, 0.15) is 5.75 Å². The summed E-state index contributed by atoms with van der Waals surface area (Å²) in [6.07, 6.45) is 6.60. The van der Waals surface area contributed by atoms with Crippen LogP contribution in [-0.4, -0.2) is 72.7 Å². The van der Waals surface area contributed by atoms with Gasteiger partial charge in [0.15, 0.2) is 0 Å². The second kappa shape index (κ2) is 13.7. The minimum atomic E-state index is -0.777. The summed E-state index contributed by atoms with van der Waals surface area (Å²) in [5, 5.41) is 19.9. The average molecular weight is 510 g/mol. The van der Waals surface area contributed by atoms with E-state index in [1.165, 1.54) is 0 Å². The van der Waals surface area contributed by atoms with E-state index in [-0.39, 0.29) is 24.5 Å². The predicted octanol–water partition coefficient (Wildman–Crippen LogP) is 4.53. The summed E-state index contributed by atoms with van der Waals surface area (Å²) in [5.74, 6) is 0.261. The zero-order chi connectivity index (χ0) is 26.0. The Balaban J connectivity index is 1.38. The van der Waals surface area contributed by atoms with E-state index in [4.69, 9.17) is 19.3 Å². The largest absolute Gasteiger partial charge is 0.497 e. The van der Waals surface area contributed by atoms with E-state index in [0.29, 0.717) is 32.7 Å².